The molecule has 2 N–H and O–H groups in total. The van der Waals surface area contributed by atoms with Gasteiger partial charge in [0.25, 0.3) is 0 Å². The average Bonchev–Trinajstić information content (AvgIpc) is 3.17. The van der Waals surface area contributed by atoms with Gasteiger partial charge in [-0.2, -0.15) is 5.10 Å². The molecule has 2 rings (SSSR count). The van der Waals surface area contributed by atoms with Crippen LogP contribution in [0.1, 0.15) is 26.2 Å². The number of thiophene rings is 1. The lowest BCUT2D eigenvalue weighted by molar-refractivity contribution is -0.121. The number of aromatic nitrogens is 3. The van der Waals surface area contributed by atoms with E-state index in [1.54, 1.807) is 15.9 Å². The van der Waals surface area contributed by atoms with Crippen molar-refractivity contribution in [2.24, 2.45) is 0 Å². The summed E-state index contributed by atoms with van der Waals surface area (Å²) in [7, 11) is 0. The van der Waals surface area contributed by atoms with Crippen LogP contribution in [0, 0.1) is 4.77 Å². The van der Waals surface area contributed by atoms with Crippen molar-refractivity contribution in [3.63, 3.8) is 0 Å². The molecule has 2 heterocycles. The van der Waals surface area contributed by atoms with Gasteiger partial charge in [-0.25, -0.2) is 0 Å². The van der Waals surface area contributed by atoms with Crippen LogP contribution in [0.3, 0.4) is 0 Å². The summed E-state index contributed by atoms with van der Waals surface area (Å²) in [5.74, 6) is 0.622. The van der Waals surface area contributed by atoms with Gasteiger partial charge < -0.3 is 10.1 Å². The summed E-state index contributed by atoms with van der Waals surface area (Å²) < 4.78 is 7.63. The first kappa shape index (κ1) is 17.8. The summed E-state index contributed by atoms with van der Waals surface area (Å²) in [6.45, 7) is 4.36. The van der Waals surface area contributed by atoms with Crippen molar-refractivity contribution in [2.45, 2.75) is 32.7 Å². The first-order valence-corrected chi connectivity index (χ1v) is 9.04. The fourth-order valence-electron chi connectivity index (χ4n) is 2.01. The monoisotopic (exact) mass is 354 g/mol. The molecule has 23 heavy (non-hydrogen) atoms. The Balaban J connectivity index is 1.78. The summed E-state index contributed by atoms with van der Waals surface area (Å²) in [4.78, 5) is 13.0. The molecule has 0 aliphatic heterocycles. The third-order valence-electron chi connectivity index (χ3n) is 3.23. The molecule has 0 aliphatic carbocycles. The lowest BCUT2D eigenvalue weighted by Crippen LogP contribution is -2.29. The van der Waals surface area contributed by atoms with Crippen molar-refractivity contribution in [1.29, 1.82) is 0 Å². The van der Waals surface area contributed by atoms with E-state index in [-0.39, 0.29) is 12.5 Å². The second kappa shape index (κ2) is 9.59. The van der Waals surface area contributed by atoms with Gasteiger partial charge in [0.2, 0.25) is 5.91 Å². The van der Waals surface area contributed by atoms with E-state index < -0.39 is 0 Å². The number of hydrogen-bond donors (Lipinski definition) is 2. The molecular formula is C15H22N4O2S2. The first-order chi connectivity index (χ1) is 11.2. The van der Waals surface area contributed by atoms with Crippen molar-refractivity contribution in [1.82, 2.24) is 20.1 Å². The van der Waals surface area contributed by atoms with Crippen LogP contribution < -0.4 is 5.32 Å². The SMILES string of the molecule is CCCCOCCCNC(=O)Cn1c(-c2cccs2)n[nH]c1=S. The van der Waals surface area contributed by atoms with Crippen LogP contribution in [0.2, 0.25) is 0 Å². The second-order valence-electron chi connectivity index (χ2n) is 5.09. The van der Waals surface area contributed by atoms with E-state index in [2.05, 4.69) is 22.4 Å². The summed E-state index contributed by atoms with van der Waals surface area (Å²) in [6.07, 6.45) is 3.02. The van der Waals surface area contributed by atoms with Crippen LogP contribution in [-0.2, 0) is 16.1 Å². The highest BCUT2D eigenvalue weighted by Gasteiger charge is 2.12. The van der Waals surface area contributed by atoms with Gasteiger partial charge in [-0.05, 0) is 36.5 Å². The van der Waals surface area contributed by atoms with Crippen molar-refractivity contribution < 1.29 is 9.53 Å². The Kier molecular flexibility index (Phi) is 7.44. The number of nitrogens with one attached hydrogen (secondary N) is 2. The van der Waals surface area contributed by atoms with Gasteiger partial charge in [-0.1, -0.05) is 19.4 Å². The number of H-pyrrole nitrogens is 1. The molecule has 0 fully saturated rings. The third-order valence-corrected chi connectivity index (χ3v) is 4.41. The molecule has 6 nitrogen and oxygen atoms in total. The molecule has 0 radical (unpaired) electrons. The van der Waals surface area contributed by atoms with Crippen LogP contribution in [0.15, 0.2) is 17.5 Å². The number of rotatable bonds is 10. The number of aromatic amines is 1. The predicted molar refractivity (Wildman–Crippen MR) is 94.1 cm³/mol. The third kappa shape index (κ3) is 5.56. The number of hydrogen-bond acceptors (Lipinski definition) is 5. The molecule has 0 unspecified atom stereocenters. The summed E-state index contributed by atoms with van der Waals surface area (Å²) in [6, 6.07) is 3.90. The van der Waals surface area contributed by atoms with Gasteiger partial charge in [0.1, 0.15) is 6.54 Å². The molecule has 0 spiro atoms. The fourth-order valence-corrected chi connectivity index (χ4v) is 2.93. The first-order valence-electron chi connectivity index (χ1n) is 7.76. The lowest BCUT2D eigenvalue weighted by atomic mass is 10.3. The van der Waals surface area contributed by atoms with Gasteiger partial charge in [-0.3, -0.25) is 14.5 Å². The van der Waals surface area contributed by atoms with E-state index in [4.69, 9.17) is 17.0 Å². The van der Waals surface area contributed by atoms with Crippen molar-refractivity contribution in [3.8, 4) is 10.7 Å². The number of carbonyl (C=O) groups is 1. The van der Waals surface area contributed by atoms with E-state index in [9.17, 15) is 4.79 Å². The molecule has 2 aromatic rings. The molecule has 0 saturated heterocycles. The summed E-state index contributed by atoms with van der Waals surface area (Å²) in [5, 5.41) is 11.8. The van der Waals surface area contributed by atoms with E-state index in [0.717, 1.165) is 30.7 Å². The standard InChI is InChI=1S/C15H22N4O2S2/c1-2-3-8-21-9-5-7-16-13(20)11-19-14(17-18-15(19)22)12-6-4-10-23-12/h4,6,10H,2-3,5,7-9,11H2,1H3,(H,16,20)(H,18,22). The minimum Gasteiger partial charge on any atom is -0.381 e. The number of carbonyl (C=O) groups excluding carboxylic acids is 1. The maximum Gasteiger partial charge on any atom is 0.240 e. The Morgan fingerprint density at radius 2 is 2.30 bits per heavy atom. The lowest BCUT2D eigenvalue weighted by Gasteiger charge is -2.08. The molecule has 0 aliphatic rings. The van der Waals surface area contributed by atoms with E-state index in [0.29, 0.717) is 23.7 Å². The number of nitrogens with zero attached hydrogens (tertiary/aromatic N) is 2. The molecule has 2 aromatic heterocycles. The molecule has 0 aromatic carbocycles. The largest absolute Gasteiger partial charge is 0.381 e. The van der Waals surface area contributed by atoms with Crippen LogP contribution >= 0.6 is 23.6 Å². The van der Waals surface area contributed by atoms with E-state index >= 15 is 0 Å². The summed E-state index contributed by atoms with van der Waals surface area (Å²) >= 11 is 6.77. The molecule has 0 saturated carbocycles. The van der Waals surface area contributed by atoms with Crippen molar-refractivity contribution in [3.05, 3.63) is 22.3 Å². The van der Waals surface area contributed by atoms with Gasteiger partial charge in [-0.15, -0.1) is 11.3 Å². The maximum absolute atomic E-state index is 12.1. The quantitative estimate of drug-likeness (QED) is 0.508. The number of amides is 1. The van der Waals surface area contributed by atoms with Gasteiger partial charge >= 0.3 is 0 Å². The van der Waals surface area contributed by atoms with Crippen molar-refractivity contribution >= 4 is 29.5 Å². The number of unbranched alkanes of at least 4 members (excludes halogenated alkanes) is 1. The minimum atomic E-state index is -0.0751. The molecule has 1 amide bonds. The average molecular weight is 355 g/mol. The second-order valence-corrected chi connectivity index (χ2v) is 6.42. The number of ether oxygens (including phenoxy) is 1. The highest BCUT2D eigenvalue weighted by molar-refractivity contribution is 7.71. The van der Waals surface area contributed by atoms with Gasteiger partial charge in [0.05, 0.1) is 4.88 Å². The minimum absolute atomic E-state index is 0.0751. The molecular weight excluding hydrogens is 332 g/mol. The Labute approximate surface area is 144 Å². The van der Waals surface area contributed by atoms with Gasteiger partial charge in [0.15, 0.2) is 10.6 Å². The zero-order chi connectivity index (χ0) is 16.5. The van der Waals surface area contributed by atoms with Crippen molar-refractivity contribution in [2.75, 3.05) is 19.8 Å². The molecule has 8 heteroatoms. The molecule has 0 bridgehead atoms. The van der Waals surface area contributed by atoms with Crippen LogP contribution in [-0.4, -0.2) is 40.4 Å². The normalized spacial score (nSPS) is 10.8. The molecule has 126 valence electrons. The van der Waals surface area contributed by atoms with Crippen LogP contribution in [0.5, 0.6) is 0 Å². The Morgan fingerprint density at radius 3 is 3.04 bits per heavy atom. The smallest absolute Gasteiger partial charge is 0.240 e. The fraction of sp³-hybridized carbons (Fsp3) is 0.533. The Bertz CT molecular complexity index is 649. The molecule has 0 atom stereocenters. The van der Waals surface area contributed by atoms with E-state index in [1.165, 1.54) is 0 Å². The van der Waals surface area contributed by atoms with Crippen LogP contribution in [0.25, 0.3) is 10.7 Å². The zero-order valence-electron chi connectivity index (χ0n) is 13.2. The summed E-state index contributed by atoms with van der Waals surface area (Å²) in [5.41, 5.74) is 0. The Morgan fingerprint density at radius 1 is 1.48 bits per heavy atom. The predicted octanol–water partition coefficient (Wildman–Crippen LogP) is 2.99. The topological polar surface area (TPSA) is 71.9 Å². The Hall–Kier alpha value is -1.51. The van der Waals surface area contributed by atoms with E-state index in [1.807, 2.05) is 17.5 Å². The highest BCUT2D eigenvalue weighted by atomic mass is 32.1. The highest BCUT2D eigenvalue weighted by Crippen LogP contribution is 2.22. The van der Waals surface area contributed by atoms with Crippen LogP contribution in [0.4, 0.5) is 0 Å². The maximum atomic E-state index is 12.1. The zero-order valence-corrected chi connectivity index (χ0v) is 14.8. The van der Waals surface area contributed by atoms with Gasteiger partial charge in [0, 0.05) is 19.8 Å².